The molecule has 0 bridgehead atoms. The van der Waals surface area contributed by atoms with Gasteiger partial charge in [-0.15, -0.1) is 0 Å². The standard InChI is InChI=1S/C14H11ClFN3O3/c15-11-3-1-8(5-12(11)16)7-18-14(20)10-6-9(19(21)22)2-4-13(10)17/h1-6H,7,17H2,(H,18,20). The molecule has 0 unspecified atom stereocenters. The van der Waals surface area contributed by atoms with Crippen molar-refractivity contribution in [2.75, 3.05) is 5.73 Å². The molecule has 0 atom stereocenters. The second-order valence-corrected chi connectivity index (χ2v) is 4.87. The van der Waals surface area contributed by atoms with Crippen LogP contribution < -0.4 is 11.1 Å². The van der Waals surface area contributed by atoms with Gasteiger partial charge in [-0.05, 0) is 23.8 Å². The Bertz CT molecular complexity index is 752. The molecule has 0 aliphatic rings. The van der Waals surface area contributed by atoms with E-state index in [4.69, 9.17) is 17.3 Å². The van der Waals surface area contributed by atoms with Gasteiger partial charge in [-0.2, -0.15) is 0 Å². The highest BCUT2D eigenvalue weighted by molar-refractivity contribution is 6.30. The lowest BCUT2D eigenvalue weighted by molar-refractivity contribution is -0.384. The van der Waals surface area contributed by atoms with E-state index in [-0.39, 0.29) is 28.5 Å². The lowest BCUT2D eigenvalue weighted by Crippen LogP contribution is -2.24. The van der Waals surface area contributed by atoms with Crippen molar-refractivity contribution in [2.24, 2.45) is 0 Å². The zero-order valence-electron chi connectivity index (χ0n) is 11.2. The number of halogens is 2. The van der Waals surface area contributed by atoms with Crippen LogP contribution in [0.15, 0.2) is 36.4 Å². The largest absolute Gasteiger partial charge is 0.398 e. The van der Waals surface area contributed by atoms with E-state index in [0.717, 1.165) is 6.07 Å². The number of nitrogens with zero attached hydrogens (tertiary/aromatic N) is 1. The minimum absolute atomic E-state index is 0.0105. The Morgan fingerprint density at radius 3 is 2.68 bits per heavy atom. The van der Waals surface area contributed by atoms with Crippen LogP contribution in [0, 0.1) is 15.9 Å². The number of nitro benzene ring substituents is 1. The molecule has 22 heavy (non-hydrogen) atoms. The van der Waals surface area contributed by atoms with Crippen LogP contribution in [0.3, 0.4) is 0 Å². The Balaban J connectivity index is 2.13. The van der Waals surface area contributed by atoms with Gasteiger partial charge in [-0.1, -0.05) is 17.7 Å². The Hall–Kier alpha value is -2.67. The van der Waals surface area contributed by atoms with Crippen LogP contribution in [-0.2, 0) is 6.54 Å². The predicted octanol–water partition coefficient (Wildman–Crippen LogP) is 2.90. The minimum Gasteiger partial charge on any atom is -0.398 e. The van der Waals surface area contributed by atoms with Crippen LogP contribution in [0.2, 0.25) is 5.02 Å². The molecule has 0 aliphatic heterocycles. The van der Waals surface area contributed by atoms with Crippen molar-refractivity contribution in [3.8, 4) is 0 Å². The molecule has 0 fully saturated rings. The zero-order valence-corrected chi connectivity index (χ0v) is 11.9. The monoisotopic (exact) mass is 323 g/mol. The number of nitrogen functional groups attached to an aromatic ring is 1. The van der Waals surface area contributed by atoms with E-state index in [2.05, 4.69) is 5.32 Å². The van der Waals surface area contributed by atoms with E-state index in [1.54, 1.807) is 6.07 Å². The molecule has 0 saturated heterocycles. The summed E-state index contributed by atoms with van der Waals surface area (Å²) >= 11 is 5.56. The van der Waals surface area contributed by atoms with E-state index in [0.29, 0.717) is 5.56 Å². The first-order valence-corrected chi connectivity index (χ1v) is 6.52. The molecular formula is C14H11ClFN3O3. The molecule has 6 nitrogen and oxygen atoms in total. The van der Waals surface area contributed by atoms with Crippen LogP contribution in [0.25, 0.3) is 0 Å². The van der Waals surface area contributed by atoms with Gasteiger partial charge in [0, 0.05) is 24.4 Å². The van der Waals surface area contributed by atoms with Gasteiger partial charge in [0.15, 0.2) is 0 Å². The predicted molar refractivity (Wildman–Crippen MR) is 80.1 cm³/mol. The Labute approximate surface area is 129 Å². The second-order valence-electron chi connectivity index (χ2n) is 4.46. The Kier molecular flexibility index (Phi) is 4.57. The summed E-state index contributed by atoms with van der Waals surface area (Å²) in [6.45, 7) is 0.0368. The highest BCUT2D eigenvalue weighted by Gasteiger charge is 2.15. The van der Waals surface area contributed by atoms with Crippen LogP contribution in [0.5, 0.6) is 0 Å². The van der Waals surface area contributed by atoms with Crippen LogP contribution in [0.4, 0.5) is 15.8 Å². The number of carbonyl (C=O) groups excluding carboxylic acids is 1. The quantitative estimate of drug-likeness (QED) is 0.513. The van der Waals surface area contributed by atoms with E-state index in [9.17, 15) is 19.3 Å². The van der Waals surface area contributed by atoms with Crippen molar-refractivity contribution in [1.29, 1.82) is 0 Å². The van der Waals surface area contributed by atoms with Crippen LogP contribution in [0.1, 0.15) is 15.9 Å². The van der Waals surface area contributed by atoms with E-state index in [1.807, 2.05) is 0 Å². The fourth-order valence-corrected chi connectivity index (χ4v) is 1.90. The van der Waals surface area contributed by atoms with Crippen molar-refractivity contribution in [1.82, 2.24) is 5.32 Å². The fraction of sp³-hybridized carbons (Fsp3) is 0.0714. The van der Waals surface area contributed by atoms with Crippen molar-refractivity contribution in [3.63, 3.8) is 0 Å². The van der Waals surface area contributed by atoms with Gasteiger partial charge < -0.3 is 11.1 Å². The molecule has 0 aromatic heterocycles. The third kappa shape index (κ3) is 3.50. The molecule has 8 heteroatoms. The number of nitrogens with one attached hydrogen (secondary N) is 1. The Morgan fingerprint density at radius 2 is 2.05 bits per heavy atom. The lowest BCUT2D eigenvalue weighted by atomic mass is 10.1. The molecule has 114 valence electrons. The summed E-state index contributed by atoms with van der Waals surface area (Å²) in [5.74, 6) is -1.18. The van der Waals surface area contributed by atoms with Gasteiger partial charge in [0.2, 0.25) is 0 Å². The number of nitrogens with two attached hydrogens (primary N) is 1. The first-order chi connectivity index (χ1) is 10.4. The maximum absolute atomic E-state index is 13.3. The van der Waals surface area contributed by atoms with Crippen LogP contribution >= 0.6 is 11.6 Å². The molecule has 0 radical (unpaired) electrons. The van der Waals surface area contributed by atoms with E-state index in [1.165, 1.54) is 24.3 Å². The van der Waals surface area contributed by atoms with Gasteiger partial charge in [-0.3, -0.25) is 14.9 Å². The number of hydrogen-bond acceptors (Lipinski definition) is 4. The second kappa shape index (κ2) is 6.40. The zero-order chi connectivity index (χ0) is 16.3. The van der Waals surface area contributed by atoms with Crippen molar-refractivity contribution >= 4 is 28.9 Å². The lowest BCUT2D eigenvalue weighted by Gasteiger charge is -2.08. The summed E-state index contributed by atoms with van der Waals surface area (Å²) < 4.78 is 13.3. The smallest absolute Gasteiger partial charge is 0.270 e. The maximum Gasteiger partial charge on any atom is 0.270 e. The highest BCUT2D eigenvalue weighted by atomic mass is 35.5. The van der Waals surface area contributed by atoms with Crippen molar-refractivity contribution < 1.29 is 14.1 Å². The number of amides is 1. The Morgan fingerprint density at radius 1 is 1.32 bits per heavy atom. The average Bonchev–Trinajstić information content (AvgIpc) is 2.48. The number of benzene rings is 2. The molecule has 3 N–H and O–H groups in total. The first-order valence-electron chi connectivity index (χ1n) is 6.14. The summed E-state index contributed by atoms with van der Waals surface area (Å²) in [5, 5.41) is 13.2. The van der Waals surface area contributed by atoms with Crippen molar-refractivity contribution in [2.45, 2.75) is 6.54 Å². The number of carbonyl (C=O) groups is 1. The van der Waals surface area contributed by atoms with Gasteiger partial charge in [0.1, 0.15) is 5.82 Å². The number of anilines is 1. The number of non-ortho nitro benzene ring substituents is 1. The average molecular weight is 324 g/mol. The molecule has 2 aromatic carbocycles. The van der Waals surface area contributed by atoms with Crippen LogP contribution in [-0.4, -0.2) is 10.8 Å². The molecule has 1 amide bonds. The summed E-state index contributed by atoms with van der Waals surface area (Å²) in [6.07, 6.45) is 0. The fourth-order valence-electron chi connectivity index (χ4n) is 1.78. The number of nitro groups is 1. The van der Waals surface area contributed by atoms with E-state index < -0.39 is 16.6 Å². The van der Waals surface area contributed by atoms with Gasteiger partial charge >= 0.3 is 0 Å². The number of hydrogen-bond donors (Lipinski definition) is 2. The molecule has 0 heterocycles. The topological polar surface area (TPSA) is 98.3 Å². The highest BCUT2D eigenvalue weighted by Crippen LogP contribution is 2.20. The van der Waals surface area contributed by atoms with Gasteiger partial charge in [-0.25, -0.2) is 4.39 Å². The molecular weight excluding hydrogens is 313 g/mol. The summed E-state index contributed by atoms with van der Waals surface area (Å²) in [5.41, 5.74) is 6.01. The van der Waals surface area contributed by atoms with E-state index >= 15 is 0 Å². The third-order valence-corrected chi connectivity index (χ3v) is 3.24. The first kappa shape index (κ1) is 15.7. The normalized spacial score (nSPS) is 10.3. The molecule has 2 aromatic rings. The molecule has 2 rings (SSSR count). The molecule has 0 spiro atoms. The molecule has 0 aliphatic carbocycles. The SMILES string of the molecule is Nc1ccc([N+](=O)[O-])cc1C(=O)NCc1ccc(Cl)c(F)c1. The maximum atomic E-state index is 13.3. The summed E-state index contributed by atoms with van der Waals surface area (Å²) in [4.78, 5) is 22.1. The van der Waals surface area contributed by atoms with Gasteiger partial charge in [0.25, 0.3) is 11.6 Å². The summed E-state index contributed by atoms with van der Waals surface area (Å²) in [7, 11) is 0. The summed E-state index contributed by atoms with van der Waals surface area (Å²) in [6, 6.07) is 7.71. The van der Waals surface area contributed by atoms with Gasteiger partial charge in [0.05, 0.1) is 15.5 Å². The van der Waals surface area contributed by atoms with Crippen molar-refractivity contribution in [3.05, 3.63) is 68.5 Å². The number of rotatable bonds is 4. The molecule has 0 saturated carbocycles. The minimum atomic E-state index is -0.620. The third-order valence-electron chi connectivity index (χ3n) is 2.93.